The molecule has 0 heterocycles. The second kappa shape index (κ2) is 5.16. The minimum absolute atomic E-state index is 0.154. The van der Waals surface area contributed by atoms with Gasteiger partial charge in [-0.1, -0.05) is 0 Å². The Bertz CT molecular complexity index is 522. The van der Waals surface area contributed by atoms with Crippen LogP contribution in [0.4, 0.5) is 5.69 Å². The molecule has 0 atom stereocenters. The van der Waals surface area contributed by atoms with Crippen LogP contribution >= 0.6 is 0 Å². The van der Waals surface area contributed by atoms with Crippen molar-refractivity contribution >= 4 is 15.7 Å². The van der Waals surface area contributed by atoms with E-state index < -0.39 is 10.0 Å². The van der Waals surface area contributed by atoms with Crippen LogP contribution in [0.25, 0.3) is 0 Å². The van der Waals surface area contributed by atoms with Gasteiger partial charge in [-0.15, -0.1) is 0 Å². The van der Waals surface area contributed by atoms with E-state index >= 15 is 0 Å². The van der Waals surface area contributed by atoms with E-state index in [1.807, 2.05) is 0 Å². The van der Waals surface area contributed by atoms with Crippen molar-refractivity contribution in [1.29, 1.82) is 0 Å². The molecule has 0 aromatic heterocycles. The Kier molecular flexibility index (Phi) is 3.77. The summed E-state index contributed by atoms with van der Waals surface area (Å²) in [5.41, 5.74) is 6.19. The fraction of sp³-hybridized carbons (Fsp3) is 0.500. The van der Waals surface area contributed by atoms with Crippen LogP contribution < -0.4 is 15.2 Å². The number of rotatable bonds is 4. The number of hydrogen-bond donors (Lipinski definition) is 2. The largest absolute Gasteiger partial charge is 0.488 e. The van der Waals surface area contributed by atoms with Crippen LogP contribution in [0.2, 0.25) is 0 Å². The van der Waals surface area contributed by atoms with E-state index in [1.54, 1.807) is 6.07 Å². The summed E-state index contributed by atoms with van der Waals surface area (Å²) in [6.07, 6.45) is 4.64. The average Bonchev–Trinajstić information content (AvgIpc) is 2.84. The number of nitrogens with two attached hydrogens (primary N) is 1. The van der Waals surface area contributed by atoms with Crippen LogP contribution in [0.15, 0.2) is 23.1 Å². The standard InChI is InChI=1S/C12H18N2O3S/c1-14-18(15,16)10-6-7-12(11(13)8-10)17-9-4-2-3-5-9/h6-9,14H,2-5,13H2,1H3. The molecule has 0 amide bonds. The van der Waals surface area contributed by atoms with Gasteiger partial charge in [0, 0.05) is 0 Å². The topological polar surface area (TPSA) is 81.4 Å². The van der Waals surface area contributed by atoms with E-state index in [1.165, 1.54) is 32.0 Å². The van der Waals surface area contributed by atoms with Crippen LogP contribution in [-0.2, 0) is 10.0 Å². The lowest BCUT2D eigenvalue weighted by Crippen LogP contribution is -2.19. The van der Waals surface area contributed by atoms with Crippen LogP contribution in [-0.4, -0.2) is 21.6 Å². The summed E-state index contributed by atoms with van der Waals surface area (Å²) in [4.78, 5) is 0.154. The van der Waals surface area contributed by atoms with Crippen molar-refractivity contribution in [2.75, 3.05) is 12.8 Å². The van der Waals surface area contributed by atoms with E-state index in [2.05, 4.69) is 4.72 Å². The molecule has 1 aromatic rings. The van der Waals surface area contributed by atoms with Crippen molar-refractivity contribution in [2.24, 2.45) is 0 Å². The summed E-state index contributed by atoms with van der Waals surface area (Å²) >= 11 is 0. The molecule has 1 aliphatic carbocycles. The van der Waals surface area contributed by atoms with Gasteiger partial charge in [-0.2, -0.15) is 0 Å². The van der Waals surface area contributed by atoms with Crippen LogP contribution in [0.3, 0.4) is 0 Å². The van der Waals surface area contributed by atoms with Crippen molar-refractivity contribution < 1.29 is 13.2 Å². The molecule has 1 aromatic carbocycles. The molecule has 1 saturated carbocycles. The van der Waals surface area contributed by atoms with Crippen LogP contribution in [0, 0.1) is 0 Å². The fourth-order valence-corrected chi connectivity index (χ4v) is 2.87. The molecular formula is C12H18N2O3S. The fourth-order valence-electron chi connectivity index (χ4n) is 2.10. The second-order valence-corrected chi connectivity index (χ2v) is 6.32. The molecule has 18 heavy (non-hydrogen) atoms. The first kappa shape index (κ1) is 13.2. The molecule has 0 aliphatic heterocycles. The van der Waals surface area contributed by atoms with Gasteiger partial charge in [0.2, 0.25) is 10.0 Å². The molecular weight excluding hydrogens is 252 g/mol. The quantitative estimate of drug-likeness (QED) is 0.812. The molecule has 5 nitrogen and oxygen atoms in total. The molecule has 0 bridgehead atoms. The van der Waals surface area contributed by atoms with Crippen molar-refractivity contribution in [3.05, 3.63) is 18.2 Å². The second-order valence-electron chi connectivity index (χ2n) is 4.43. The highest BCUT2D eigenvalue weighted by molar-refractivity contribution is 7.89. The first-order chi connectivity index (χ1) is 8.53. The van der Waals surface area contributed by atoms with Gasteiger partial charge >= 0.3 is 0 Å². The van der Waals surface area contributed by atoms with Crippen molar-refractivity contribution in [3.8, 4) is 5.75 Å². The maximum Gasteiger partial charge on any atom is 0.240 e. The van der Waals surface area contributed by atoms with Gasteiger partial charge in [0.15, 0.2) is 0 Å². The summed E-state index contributed by atoms with van der Waals surface area (Å²) in [5, 5.41) is 0. The molecule has 0 radical (unpaired) electrons. The third-order valence-corrected chi connectivity index (χ3v) is 4.57. The molecule has 100 valence electrons. The zero-order chi connectivity index (χ0) is 13.2. The lowest BCUT2D eigenvalue weighted by molar-refractivity contribution is 0.211. The molecule has 6 heteroatoms. The van der Waals surface area contributed by atoms with Gasteiger partial charge in [0.1, 0.15) is 5.75 Å². The highest BCUT2D eigenvalue weighted by Crippen LogP contribution is 2.29. The first-order valence-corrected chi connectivity index (χ1v) is 7.51. The number of nitrogens with one attached hydrogen (secondary N) is 1. The number of hydrogen-bond acceptors (Lipinski definition) is 4. The van der Waals surface area contributed by atoms with Gasteiger partial charge in [0.05, 0.1) is 16.7 Å². The number of sulfonamides is 1. The monoisotopic (exact) mass is 270 g/mol. The summed E-state index contributed by atoms with van der Waals surface area (Å²) in [5.74, 6) is 0.567. The molecule has 1 aliphatic rings. The van der Waals surface area contributed by atoms with Gasteiger partial charge in [-0.3, -0.25) is 0 Å². The predicted octanol–water partition coefficient (Wildman–Crippen LogP) is 1.50. The van der Waals surface area contributed by atoms with Gasteiger partial charge in [0.25, 0.3) is 0 Å². The van der Waals surface area contributed by atoms with Crippen molar-refractivity contribution in [1.82, 2.24) is 4.72 Å². The number of anilines is 1. The van der Waals surface area contributed by atoms with Gasteiger partial charge < -0.3 is 10.5 Å². The van der Waals surface area contributed by atoms with E-state index in [9.17, 15) is 8.42 Å². The van der Waals surface area contributed by atoms with Crippen molar-refractivity contribution in [3.63, 3.8) is 0 Å². The Labute approximate surface area is 107 Å². The maximum atomic E-state index is 11.6. The van der Waals surface area contributed by atoms with E-state index in [0.717, 1.165) is 12.8 Å². The molecule has 0 spiro atoms. The zero-order valence-electron chi connectivity index (χ0n) is 10.3. The van der Waals surface area contributed by atoms with Crippen LogP contribution in [0.1, 0.15) is 25.7 Å². The minimum Gasteiger partial charge on any atom is -0.488 e. The lowest BCUT2D eigenvalue weighted by atomic mass is 10.2. The Morgan fingerprint density at radius 3 is 2.56 bits per heavy atom. The maximum absolute atomic E-state index is 11.6. The van der Waals surface area contributed by atoms with E-state index in [0.29, 0.717) is 11.4 Å². The molecule has 2 rings (SSSR count). The molecule has 0 saturated heterocycles. The molecule has 0 unspecified atom stereocenters. The Hall–Kier alpha value is -1.27. The zero-order valence-corrected chi connectivity index (χ0v) is 11.2. The highest BCUT2D eigenvalue weighted by Gasteiger charge is 2.19. The SMILES string of the molecule is CNS(=O)(=O)c1ccc(OC2CCCC2)c(N)c1. The Morgan fingerprint density at radius 1 is 1.33 bits per heavy atom. The number of benzene rings is 1. The number of nitrogen functional groups attached to an aromatic ring is 1. The van der Waals surface area contributed by atoms with Crippen LogP contribution in [0.5, 0.6) is 5.75 Å². The lowest BCUT2D eigenvalue weighted by Gasteiger charge is -2.15. The normalized spacial score (nSPS) is 16.9. The predicted molar refractivity (Wildman–Crippen MR) is 70.0 cm³/mol. The third kappa shape index (κ3) is 2.76. The summed E-state index contributed by atoms with van der Waals surface area (Å²) in [6, 6.07) is 4.56. The first-order valence-electron chi connectivity index (χ1n) is 6.02. The van der Waals surface area contributed by atoms with E-state index in [4.69, 9.17) is 10.5 Å². The average molecular weight is 270 g/mol. The summed E-state index contributed by atoms with van der Waals surface area (Å²) in [6.45, 7) is 0. The molecule has 1 fully saturated rings. The smallest absolute Gasteiger partial charge is 0.240 e. The van der Waals surface area contributed by atoms with Gasteiger partial charge in [-0.05, 0) is 50.9 Å². The number of ether oxygens (including phenoxy) is 1. The van der Waals surface area contributed by atoms with E-state index in [-0.39, 0.29) is 11.0 Å². The highest BCUT2D eigenvalue weighted by atomic mass is 32.2. The Balaban J connectivity index is 2.19. The van der Waals surface area contributed by atoms with Crippen molar-refractivity contribution in [2.45, 2.75) is 36.7 Å². The third-order valence-electron chi connectivity index (χ3n) is 3.16. The summed E-state index contributed by atoms with van der Waals surface area (Å²) < 4.78 is 31.2. The summed E-state index contributed by atoms with van der Waals surface area (Å²) in [7, 11) is -2.08. The molecule has 3 N–H and O–H groups in total. The Morgan fingerprint density at radius 2 is 2.00 bits per heavy atom. The van der Waals surface area contributed by atoms with Gasteiger partial charge in [-0.25, -0.2) is 13.1 Å². The minimum atomic E-state index is -3.45.